The molecule has 0 bridgehead atoms. The Hall–Kier alpha value is -0.680. The zero-order valence-corrected chi connectivity index (χ0v) is 11.5. The van der Waals surface area contributed by atoms with Gasteiger partial charge in [0.2, 0.25) is 0 Å². The summed E-state index contributed by atoms with van der Waals surface area (Å²) in [6, 6.07) is 0. The van der Waals surface area contributed by atoms with Gasteiger partial charge in [-0.2, -0.15) is 0 Å². The first kappa shape index (κ1) is 13.3. The van der Waals surface area contributed by atoms with Crippen molar-refractivity contribution in [2.24, 2.45) is 5.92 Å². The predicted octanol–water partition coefficient (Wildman–Crippen LogP) is 1.53. The lowest BCUT2D eigenvalue weighted by atomic mass is 9.92. The molecule has 0 N–H and O–H groups in total. The average Bonchev–Trinajstić information content (AvgIpc) is 2.89. The summed E-state index contributed by atoms with van der Waals surface area (Å²) >= 11 is 0. The van der Waals surface area contributed by atoms with Gasteiger partial charge < -0.3 is 14.4 Å². The van der Waals surface area contributed by atoms with E-state index < -0.39 is 5.67 Å². The fourth-order valence-corrected chi connectivity index (χ4v) is 3.32. The summed E-state index contributed by atoms with van der Waals surface area (Å²) in [5.41, 5.74) is -1.75. The van der Waals surface area contributed by atoms with E-state index in [0.29, 0.717) is 31.8 Å². The van der Waals surface area contributed by atoms with Crippen LogP contribution in [0.5, 0.6) is 0 Å². The van der Waals surface area contributed by atoms with E-state index in [0.717, 1.165) is 32.5 Å². The van der Waals surface area contributed by atoms with Crippen LogP contribution in [-0.4, -0.2) is 55.5 Å². The Morgan fingerprint density at radius 3 is 2.95 bits per heavy atom. The van der Waals surface area contributed by atoms with Crippen molar-refractivity contribution in [3.8, 4) is 0 Å². The van der Waals surface area contributed by atoms with Crippen molar-refractivity contribution >= 4 is 5.91 Å². The number of nitrogens with zero attached hydrogens (tertiary/aromatic N) is 1. The van der Waals surface area contributed by atoms with E-state index in [4.69, 9.17) is 9.47 Å². The second-order valence-electron chi connectivity index (χ2n) is 6.29. The molecule has 4 nitrogen and oxygen atoms in total. The molecule has 2 unspecified atom stereocenters. The molecule has 1 aliphatic carbocycles. The smallest absolute Gasteiger partial charge is 0.260 e. The summed E-state index contributed by atoms with van der Waals surface area (Å²) in [7, 11) is 1.71. The van der Waals surface area contributed by atoms with Crippen LogP contribution in [0.4, 0.5) is 4.39 Å². The molecular weight excluding hydrogens is 249 g/mol. The number of hydrogen-bond donors (Lipinski definition) is 0. The van der Waals surface area contributed by atoms with E-state index in [-0.39, 0.29) is 11.5 Å². The lowest BCUT2D eigenvalue weighted by Crippen LogP contribution is -2.40. The van der Waals surface area contributed by atoms with E-state index in [2.05, 4.69) is 0 Å². The van der Waals surface area contributed by atoms with Crippen molar-refractivity contribution in [1.29, 1.82) is 0 Å². The molecule has 2 aliphatic heterocycles. The highest BCUT2D eigenvalue weighted by atomic mass is 19.1. The van der Waals surface area contributed by atoms with Crippen molar-refractivity contribution in [2.45, 2.75) is 43.4 Å². The summed E-state index contributed by atoms with van der Waals surface area (Å²) < 4.78 is 24.9. The van der Waals surface area contributed by atoms with Crippen LogP contribution in [0.2, 0.25) is 0 Å². The van der Waals surface area contributed by atoms with Gasteiger partial charge in [0, 0.05) is 26.8 Å². The third kappa shape index (κ3) is 2.50. The molecular formula is C14H22FNO3. The second kappa shape index (κ2) is 4.70. The average molecular weight is 271 g/mol. The lowest BCUT2D eigenvalue weighted by Gasteiger charge is -2.24. The Labute approximate surface area is 113 Å². The number of amides is 1. The second-order valence-corrected chi connectivity index (χ2v) is 6.29. The first-order valence-corrected chi connectivity index (χ1v) is 7.18. The molecule has 5 heteroatoms. The Morgan fingerprint density at radius 1 is 1.47 bits per heavy atom. The normalized spacial score (nSPS) is 36.1. The SMILES string of the molecule is COCCC1COC2(CCN(C(=O)C3(F)CC3)C2)C1. The standard InChI is InChI=1S/C14H22FNO3/c1-18-7-2-11-8-13(19-9-11)5-6-16(10-13)12(17)14(15)3-4-14/h11H,2-10H2,1H3. The lowest BCUT2D eigenvalue weighted by molar-refractivity contribution is -0.138. The Kier molecular flexibility index (Phi) is 3.29. The molecule has 1 amide bonds. The maximum absolute atomic E-state index is 13.8. The Balaban J connectivity index is 1.55. The highest BCUT2D eigenvalue weighted by Gasteiger charge is 2.56. The van der Waals surface area contributed by atoms with Crippen LogP contribution in [-0.2, 0) is 14.3 Å². The van der Waals surface area contributed by atoms with Crippen molar-refractivity contribution < 1.29 is 18.7 Å². The molecule has 0 aromatic rings. The molecule has 3 rings (SSSR count). The van der Waals surface area contributed by atoms with Crippen LogP contribution in [0.25, 0.3) is 0 Å². The fraction of sp³-hybridized carbons (Fsp3) is 0.929. The van der Waals surface area contributed by atoms with Gasteiger partial charge in [-0.3, -0.25) is 4.79 Å². The molecule has 0 aromatic heterocycles. The molecule has 0 radical (unpaired) electrons. The van der Waals surface area contributed by atoms with E-state index in [9.17, 15) is 9.18 Å². The van der Waals surface area contributed by atoms with Crippen molar-refractivity contribution in [2.75, 3.05) is 33.4 Å². The number of likely N-dealkylation sites (tertiary alicyclic amines) is 1. The summed E-state index contributed by atoms with van der Waals surface area (Å²) in [6.45, 7) is 2.70. The van der Waals surface area contributed by atoms with Crippen molar-refractivity contribution in [3.63, 3.8) is 0 Å². The third-order valence-electron chi connectivity index (χ3n) is 4.69. The van der Waals surface area contributed by atoms with Gasteiger partial charge in [-0.15, -0.1) is 0 Å². The molecule has 2 heterocycles. The predicted molar refractivity (Wildman–Crippen MR) is 67.6 cm³/mol. The van der Waals surface area contributed by atoms with Gasteiger partial charge in [0.25, 0.3) is 5.91 Å². The summed E-state index contributed by atoms with van der Waals surface area (Å²) in [5, 5.41) is 0. The minimum absolute atomic E-state index is 0.209. The number of methoxy groups -OCH3 is 1. The molecule has 19 heavy (non-hydrogen) atoms. The topological polar surface area (TPSA) is 38.8 Å². The maximum atomic E-state index is 13.8. The zero-order valence-electron chi connectivity index (χ0n) is 11.5. The summed E-state index contributed by atoms with van der Waals surface area (Å²) in [6.07, 6.45) is 3.61. The van der Waals surface area contributed by atoms with E-state index in [1.165, 1.54) is 0 Å². The highest BCUT2D eigenvalue weighted by molar-refractivity contribution is 5.88. The number of ether oxygens (including phenoxy) is 2. The fourth-order valence-electron chi connectivity index (χ4n) is 3.32. The molecule has 2 atom stereocenters. The number of rotatable bonds is 4. The van der Waals surface area contributed by atoms with Crippen LogP contribution < -0.4 is 0 Å². The van der Waals surface area contributed by atoms with Gasteiger partial charge in [-0.05, 0) is 38.0 Å². The summed E-state index contributed by atoms with van der Waals surface area (Å²) in [4.78, 5) is 13.7. The van der Waals surface area contributed by atoms with Gasteiger partial charge in [0.1, 0.15) is 0 Å². The molecule has 1 saturated carbocycles. The first-order chi connectivity index (χ1) is 9.07. The number of carbonyl (C=O) groups excluding carboxylic acids is 1. The van der Waals surface area contributed by atoms with Crippen molar-refractivity contribution in [3.05, 3.63) is 0 Å². The minimum Gasteiger partial charge on any atom is -0.385 e. The van der Waals surface area contributed by atoms with Gasteiger partial charge in [0.15, 0.2) is 5.67 Å². The van der Waals surface area contributed by atoms with Gasteiger partial charge in [-0.1, -0.05) is 0 Å². The van der Waals surface area contributed by atoms with Gasteiger partial charge in [-0.25, -0.2) is 4.39 Å². The Morgan fingerprint density at radius 2 is 2.26 bits per heavy atom. The van der Waals surface area contributed by atoms with Crippen LogP contribution >= 0.6 is 0 Å². The van der Waals surface area contributed by atoms with E-state index in [1.807, 2.05) is 0 Å². The van der Waals surface area contributed by atoms with E-state index in [1.54, 1.807) is 12.0 Å². The number of hydrogen-bond acceptors (Lipinski definition) is 3. The quantitative estimate of drug-likeness (QED) is 0.778. The monoisotopic (exact) mass is 271 g/mol. The van der Waals surface area contributed by atoms with Gasteiger partial charge in [0.05, 0.1) is 12.2 Å². The number of halogens is 1. The Bertz CT molecular complexity index is 372. The van der Waals surface area contributed by atoms with Crippen LogP contribution in [0.15, 0.2) is 0 Å². The maximum Gasteiger partial charge on any atom is 0.260 e. The molecule has 3 fully saturated rings. The third-order valence-corrected chi connectivity index (χ3v) is 4.69. The molecule has 0 aromatic carbocycles. The first-order valence-electron chi connectivity index (χ1n) is 7.18. The number of carbonyl (C=O) groups is 1. The molecule has 3 aliphatic rings. The largest absolute Gasteiger partial charge is 0.385 e. The molecule has 108 valence electrons. The van der Waals surface area contributed by atoms with Gasteiger partial charge >= 0.3 is 0 Å². The highest BCUT2D eigenvalue weighted by Crippen LogP contribution is 2.45. The molecule has 2 saturated heterocycles. The molecule has 1 spiro atoms. The van der Waals surface area contributed by atoms with Crippen LogP contribution in [0.1, 0.15) is 32.1 Å². The minimum atomic E-state index is -1.54. The number of alkyl halides is 1. The van der Waals surface area contributed by atoms with Crippen LogP contribution in [0, 0.1) is 5.92 Å². The van der Waals surface area contributed by atoms with Crippen LogP contribution in [0.3, 0.4) is 0 Å². The summed E-state index contributed by atoms with van der Waals surface area (Å²) in [5.74, 6) is 0.198. The zero-order chi connectivity index (χ0) is 13.5. The van der Waals surface area contributed by atoms with Crippen molar-refractivity contribution in [1.82, 2.24) is 4.90 Å². The van der Waals surface area contributed by atoms with E-state index >= 15 is 0 Å².